The van der Waals surface area contributed by atoms with Gasteiger partial charge in [-0.15, -0.1) is 0 Å². The van der Waals surface area contributed by atoms with E-state index < -0.39 is 6.04 Å². The van der Waals surface area contributed by atoms with Gasteiger partial charge in [-0.1, -0.05) is 47.0 Å². The van der Waals surface area contributed by atoms with Crippen LogP contribution in [0.2, 0.25) is 0 Å². The summed E-state index contributed by atoms with van der Waals surface area (Å²) in [4.78, 5) is 0. The van der Waals surface area contributed by atoms with E-state index in [0.29, 0.717) is 5.56 Å². The van der Waals surface area contributed by atoms with Gasteiger partial charge in [0.1, 0.15) is 5.82 Å². The van der Waals surface area contributed by atoms with Crippen molar-refractivity contribution in [2.45, 2.75) is 26.8 Å². The first-order valence-corrected chi connectivity index (χ1v) is 6.07. The molecule has 2 aromatic carbocycles. The quantitative estimate of drug-likeness (QED) is 0.853. The molecule has 0 saturated carbocycles. The Morgan fingerprint density at radius 1 is 0.889 bits per heavy atom. The van der Waals surface area contributed by atoms with Crippen LogP contribution in [0.25, 0.3) is 0 Å². The van der Waals surface area contributed by atoms with Crippen LogP contribution in [0.5, 0.6) is 0 Å². The Hall–Kier alpha value is -1.67. The van der Waals surface area contributed by atoms with Crippen LogP contribution >= 0.6 is 0 Å². The zero-order chi connectivity index (χ0) is 13.3. The van der Waals surface area contributed by atoms with Crippen molar-refractivity contribution in [1.82, 2.24) is 0 Å². The summed E-state index contributed by atoms with van der Waals surface area (Å²) in [6.45, 7) is 5.99. The summed E-state index contributed by atoms with van der Waals surface area (Å²) in [6, 6.07) is 10.8. The van der Waals surface area contributed by atoms with Gasteiger partial charge in [0.05, 0.1) is 6.04 Å². The third-order valence-corrected chi connectivity index (χ3v) is 3.09. The highest BCUT2D eigenvalue weighted by molar-refractivity contribution is 5.38. The first-order valence-electron chi connectivity index (χ1n) is 6.07. The van der Waals surface area contributed by atoms with Crippen LogP contribution in [-0.4, -0.2) is 0 Å². The highest BCUT2D eigenvalue weighted by atomic mass is 19.1. The molecule has 0 saturated heterocycles. The maximum Gasteiger partial charge on any atom is 0.128 e. The van der Waals surface area contributed by atoms with Crippen LogP contribution in [0.4, 0.5) is 4.39 Å². The van der Waals surface area contributed by atoms with Crippen LogP contribution in [0.1, 0.15) is 33.9 Å². The molecule has 0 aliphatic carbocycles. The number of aryl methyl sites for hydroxylation is 3. The van der Waals surface area contributed by atoms with E-state index in [0.717, 1.165) is 22.3 Å². The number of nitrogens with two attached hydrogens (primary N) is 1. The van der Waals surface area contributed by atoms with E-state index in [9.17, 15) is 4.39 Å². The predicted octanol–water partition coefficient (Wildman–Crippen LogP) is 3.80. The van der Waals surface area contributed by atoms with Crippen molar-refractivity contribution in [3.05, 3.63) is 70.0 Å². The molecule has 1 unspecified atom stereocenters. The Kier molecular flexibility index (Phi) is 3.48. The van der Waals surface area contributed by atoms with Crippen molar-refractivity contribution in [3.8, 4) is 0 Å². The number of benzene rings is 2. The summed E-state index contributed by atoms with van der Waals surface area (Å²) in [5, 5.41) is 0. The topological polar surface area (TPSA) is 26.0 Å². The molecule has 0 spiro atoms. The molecule has 2 rings (SSSR count). The SMILES string of the molecule is Cc1cc(C)cc(C(N)c2cc(C)ccc2F)c1. The van der Waals surface area contributed by atoms with Crippen molar-refractivity contribution < 1.29 is 4.39 Å². The number of hydrogen-bond donors (Lipinski definition) is 1. The van der Waals surface area contributed by atoms with E-state index in [1.54, 1.807) is 6.07 Å². The Labute approximate surface area is 107 Å². The largest absolute Gasteiger partial charge is 0.320 e. The van der Waals surface area contributed by atoms with E-state index in [1.807, 2.05) is 39.0 Å². The molecule has 2 N–H and O–H groups in total. The highest BCUT2D eigenvalue weighted by Gasteiger charge is 2.14. The molecule has 2 heteroatoms. The lowest BCUT2D eigenvalue weighted by molar-refractivity contribution is 0.599. The van der Waals surface area contributed by atoms with E-state index in [-0.39, 0.29) is 5.82 Å². The Balaban J connectivity index is 2.47. The molecule has 0 radical (unpaired) electrons. The molecule has 0 fully saturated rings. The fourth-order valence-corrected chi connectivity index (χ4v) is 2.27. The molecule has 1 atom stereocenters. The highest BCUT2D eigenvalue weighted by Crippen LogP contribution is 2.24. The second kappa shape index (κ2) is 4.91. The van der Waals surface area contributed by atoms with Gasteiger partial charge < -0.3 is 5.73 Å². The predicted molar refractivity (Wildman–Crippen MR) is 73.1 cm³/mol. The molecule has 0 amide bonds. The van der Waals surface area contributed by atoms with Gasteiger partial charge in [-0.3, -0.25) is 0 Å². The van der Waals surface area contributed by atoms with Gasteiger partial charge in [0.25, 0.3) is 0 Å². The third kappa shape index (κ3) is 2.59. The van der Waals surface area contributed by atoms with Crippen LogP contribution in [0.15, 0.2) is 36.4 Å². The van der Waals surface area contributed by atoms with Crippen LogP contribution in [0.3, 0.4) is 0 Å². The van der Waals surface area contributed by atoms with Gasteiger partial charge in [0.15, 0.2) is 0 Å². The summed E-state index contributed by atoms with van der Waals surface area (Å²) in [5.74, 6) is -0.243. The fourth-order valence-electron chi connectivity index (χ4n) is 2.27. The number of hydrogen-bond acceptors (Lipinski definition) is 1. The first kappa shape index (κ1) is 12.8. The normalized spacial score (nSPS) is 12.5. The summed E-state index contributed by atoms with van der Waals surface area (Å²) in [6.07, 6.45) is 0. The van der Waals surface area contributed by atoms with Crippen LogP contribution < -0.4 is 5.73 Å². The summed E-state index contributed by atoms with van der Waals surface area (Å²) in [5.41, 5.74) is 11.0. The van der Waals surface area contributed by atoms with Gasteiger partial charge in [-0.05, 0) is 32.4 Å². The minimum absolute atomic E-state index is 0.243. The maximum absolute atomic E-state index is 13.8. The average molecular weight is 243 g/mol. The van der Waals surface area contributed by atoms with E-state index in [4.69, 9.17) is 5.73 Å². The molecule has 0 heterocycles. The lowest BCUT2D eigenvalue weighted by Gasteiger charge is -2.15. The van der Waals surface area contributed by atoms with Crippen molar-refractivity contribution >= 4 is 0 Å². The molecular weight excluding hydrogens is 225 g/mol. The summed E-state index contributed by atoms with van der Waals surface area (Å²) in [7, 11) is 0. The molecule has 1 nitrogen and oxygen atoms in total. The molecule has 18 heavy (non-hydrogen) atoms. The Bertz CT molecular complexity index is 555. The number of rotatable bonds is 2. The lowest BCUT2D eigenvalue weighted by Crippen LogP contribution is -2.14. The second-order valence-corrected chi connectivity index (χ2v) is 4.92. The van der Waals surface area contributed by atoms with Crippen molar-refractivity contribution in [3.63, 3.8) is 0 Å². The summed E-state index contributed by atoms with van der Waals surface area (Å²) >= 11 is 0. The monoisotopic (exact) mass is 243 g/mol. The van der Waals surface area contributed by atoms with Gasteiger partial charge in [0, 0.05) is 5.56 Å². The van der Waals surface area contributed by atoms with Gasteiger partial charge in [0.2, 0.25) is 0 Å². The van der Waals surface area contributed by atoms with Crippen molar-refractivity contribution in [2.75, 3.05) is 0 Å². The zero-order valence-electron chi connectivity index (χ0n) is 11.0. The minimum atomic E-state index is -0.413. The molecule has 94 valence electrons. The molecule has 2 aromatic rings. The van der Waals surface area contributed by atoms with E-state index in [2.05, 4.69) is 6.07 Å². The fraction of sp³-hybridized carbons (Fsp3) is 0.250. The molecule has 0 aliphatic heterocycles. The van der Waals surface area contributed by atoms with Gasteiger partial charge in [-0.2, -0.15) is 0 Å². The summed E-state index contributed by atoms with van der Waals surface area (Å²) < 4.78 is 13.8. The van der Waals surface area contributed by atoms with Gasteiger partial charge in [-0.25, -0.2) is 4.39 Å². The number of halogens is 1. The van der Waals surface area contributed by atoms with Gasteiger partial charge >= 0.3 is 0 Å². The average Bonchev–Trinajstić information content (AvgIpc) is 2.30. The second-order valence-electron chi connectivity index (χ2n) is 4.92. The van der Waals surface area contributed by atoms with Crippen LogP contribution in [-0.2, 0) is 0 Å². The van der Waals surface area contributed by atoms with Crippen molar-refractivity contribution in [1.29, 1.82) is 0 Å². The Morgan fingerprint density at radius 3 is 2.11 bits per heavy atom. The molecule has 0 aromatic heterocycles. The van der Waals surface area contributed by atoms with Crippen molar-refractivity contribution in [2.24, 2.45) is 5.73 Å². The maximum atomic E-state index is 13.8. The molecule has 0 aliphatic rings. The lowest BCUT2D eigenvalue weighted by atomic mass is 9.95. The standard InChI is InChI=1S/C16H18FN/c1-10-4-5-15(17)14(9-10)16(18)13-7-11(2)6-12(3)8-13/h4-9,16H,18H2,1-3H3. The molecular formula is C16H18FN. The minimum Gasteiger partial charge on any atom is -0.320 e. The zero-order valence-corrected chi connectivity index (χ0v) is 11.0. The Morgan fingerprint density at radius 2 is 1.50 bits per heavy atom. The van der Waals surface area contributed by atoms with Crippen LogP contribution in [0, 0.1) is 26.6 Å². The van der Waals surface area contributed by atoms with E-state index in [1.165, 1.54) is 6.07 Å². The van der Waals surface area contributed by atoms with E-state index >= 15 is 0 Å². The smallest absolute Gasteiger partial charge is 0.128 e. The molecule has 0 bridgehead atoms. The third-order valence-electron chi connectivity index (χ3n) is 3.09. The first-order chi connectivity index (χ1) is 8.47.